The predicted octanol–water partition coefficient (Wildman–Crippen LogP) is 3.01. The second kappa shape index (κ2) is 6.84. The summed E-state index contributed by atoms with van der Waals surface area (Å²) in [6.07, 6.45) is 2.14. The average molecular weight is 274 g/mol. The lowest BCUT2D eigenvalue weighted by Crippen LogP contribution is -2.11. The lowest BCUT2D eigenvalue weighted by Gasteiger charge is -2.12. The SMILES string of the molecule is CCNc1ncnc(NCCc2ccccc2F)c1C. The number of aromatic nitrogens is 2. The van der Waals surface area contributed by atoms with Crippen LogP contribution in [-0.4, -0.2) is 23.1 Å². The van der Waals surface area contributed by atoms with Gasteiger partial charge in [0.25, 0.3) is 0 Å². The third kappa shape index (κ3) is 3.44. The molecule has 0 amide bonds. The number of anilines is 2. The Morgan fingerprint density at radius 1 is 1.10 bits per heavy atom. The molecule has 20 heavy (non-hydrogen) atoms. The summed E-state index contributed by atoms with van der Waals surface area (Å²) in [5, 5.41) is 6.41. The maximum absolute atomic E-state index is 13.5. The molecule has 0 unspecified atom stereocenters. The molecule has 2 N–H and O–H groups in total. The molecule has 0 radical (unpaired) electrons. The van der Waals surface area contributed by atoms with Crippen LogP contribution in [0.3, 0.4) is 0 Å². The minimum Gasteiger partial charge on any atom is -0.370 e. The molecule has 2 aromatic rings. The van der Waals surface area contributed by atoms with E-state index < -0.39 is 0 Å². The lowest BCUT2D eigenvalue weighted by molar-refractivity contribution is 0.610. The lowest BCUT2D eigenvalue weighted by atomic mass is 10.1. The van der Waals surface area contributed by atoms with E-state index >= 15 is 0 Å². The zero-order valence-electron chi connectivity index (χ0n) is 11.8. The van der Waals surface area contributed by atoms with Crippen LogP contribution in [0.25, 0.3) is 0 Å². The molecule has 0 bridgehead atoms. The second-order valence-corrected chi connectivity index (χ2v) is 4.49. The number of halogens is 1. The normalized spacial score (nSPS) is 10.3. The van der Waals surface area contributed by atoms with Crippen LogP contribution in [0.2, 0.25) is 0 Å². The summed E-state index contributed by atoms with van der Waals surface area (Å²) in [5.74, 6) is 1.45. The van der Waals surface area contributed by atoms with Gasteiger partial charge in [0.2, 0.25) is 0 Å². The average Bonchev–Trinajstić information content (AvgIpc) is 2.45. The van der Waals surface area contributed by atoms with Gasteiger partial charge in [0.1, 0.15) is 23.8 Å². The van der Waals surface area contributed by atoms with Gasteiger partial charge in [-0.3, -0.25) is 0 Å². The Morgan fingerprint density at radius 2 is 1.80 bits per heavy atom. The van der Waals surface area contributed by atoms with Crippen LogP contribution in [0.15, 0.2) is 30.6 Å². The molecular weight excluding hydrogens is 255 g/mol. The van der Waals surface area contributed by atoms with Crippen molar-refractivity contribution < 1.29 is 4.39 Å². The molecule has 5 heteroatoms. The van der Waals surface area contributed by atoms with Crippen LogP contribution < -0.4 is 10.6 Å². The molecule has 1 aromatic carbocycles. The van der Waals surface area contributed by atoms with Gasteiger partial charge in [-0.2, -0.15) is 0 Å². The maximum Gasteiger partial charge on any atom is 0.134 e. The zero-order valence-corrected chi connectivity index (χ0v) is 11.8. The molecule has 2 rings (SSSR count). The third-order valence-corrected chi connectivity index (χ3v) is 3.07. The van der Waals surface area contributed by atoms with Crippen molar-refractivity contribution in [2.75, 3.05) is 23.7 Å². The predicted molar refractivity (Wildman–Crippen MR) is 79.5 cm³/mol. The van der Waals surface area contributed by atoms with Gasteiger partial charge in [-0.05, 0) is 31.9 Å². The molecular formula is C15H19FN4. The number of hydrogen-bond donors (Lipinski definition) is 2. The number of hydrogen-bond acceptors (Lipinski definition) is 4. The molecule has 0 saturated carbocycles. The van der Waals surface area contributed by atoms with Crippen LogP contribution in [-0.2, 0) is 6.42 Å². The van der Waals surface area contributed by atoms with Crippen molar-refractivity contribution in [2.45, 2.75) is 20.3 Å². The molecule has 4 nitrogen and oxygen atoms in total. The van der Waals surface area contributed by atoms with E-state index in [1.54, 1.807) is 12.1 Å². The molecule has 106 valence electrons. The van der Waals surface area contributed by atoms with Gasteiger partial charge in [0, 0.05) is 18.7 Å². The minimum atomic E-state index is -0.165. The first-order valence-electron chi connectivity index (χ1n) is 6.75. The molecule has 0 atom stereocenters. The first-order valence-corrected chi connectivity index (χ1v) is 6.75. The van der Waals surface area contributed by atoms with E-state index in [4.69, 9.17) is 0 Å². The summed E-state index contributed by atoms with van der Waals surface area (Å²) in [4.78, 5) is 8.41. The van der Waals surface area contributed by atoms with Gasteiger partial charge in [-0.15, -0.1) is 0 Å². The highest BCUT2D eigenvalue weighted by Crippen LogP contribution is 2.18. The third-order valence-electron chi connectivity index (χ3n) is 3.07. The Bertz CT molecular complexity index is 572. The standard InChI is InChI=1S/C15H19FN4/c1-3-17-14-11(2)15(20-10-19-14)18-9-8-12-6-4-5-7-13(12)16/h4-7,10H,3,8-9H2,1-2H3,(H2,17,18,19,20). The molecule has 1 aromatic heterocycles. The summed E-state index contributed by atoms with van der Waals surface area (Å²) in [6.45, 7) is 5.42. The van der Waals surface area contributed by atoms with Crippen LogP contribution in [0, 0.1) is 12.7 Å². The first kappa shape index (κ1) is 14.2. The van der Waals surface area contributed by atoms with Gasteiger partial charge in [0.05, 0.1) is 0 Å². The fourth-order valence-electron chi connectivity index (χ4n) is 1.99. The van der Waals surface area contributed by atoms with Crippen molar-refractivity contribution >= 4 is 11.6 Å². The smallest absolute Gasteiger partial charge is 0.134 e. The summed E-state index contributed by atoms with van der Waals surface area (Å²) >= 11 is 0. The van der Waals surface area contributed by atoms with Crippen molar-refractivity contribution in [2.24, 2.45) is 0 Å². The quantitative estimate of drug-likeness (QED) is 0.850. The molecule has 0 spiro atoms. The Balaban J connectivity index is 1.98. The van der Waals surface area contributed by atoms with Gasteiger partial charge >= 0.3 is 0 Å². The Labute approximate surface area is 118 Å². The Morgan fingerprint density at radius 3 is 2.50 bits per heavy atom. The highest BCUT2D eigenvalue weighted by Gasteiger charge is 2.06. The van der Waals surface area contributed by atoms with Crippen molar-refractivity contribution in [1.29, 1.82) is 0 Å². The molecule has 0 aliphatic heterocycles. The van der Waals surface area contributed by atoms with E-state index in [-0.39, 0.29) is 5.82 Å². The van der Waals surface area contributed by atoms with E-state index in [1.807, 2.05) is 19.9 Å². The van der Waals surface area contributed by atoms with E-state index in [2.05, 4.69) is 20.6 Å². The van der Waals surface area contributed by atoms with Gasteiger partial charge in [-0.1, -0.05) is 18.2 Å². The largest absolute Gasteiger partial charge is 0.370 e. The summed E-state index contributed by atoms with van der Waals surface area (Å²) in [6, 6.07) is 6.82. The topological polar surface area (TPSA) is 49.8 Å². The molecule has 0 saturated heterocycles. The minimum absolute atomic E-state index is 0.165. The molecule has 0 fully saturated rings. The van der Waals surface area contributed by atoms with E-state index in [0.29, 0.717) is 18.5 Å². The Hall–Kier alpha value is -2.17. The number of benzene rings is 1. The summed E-state index contributed by atoms with van der Waals surface area (Å²) < 4.78 is 13.5. The van der Waals surface area contributed by atoms with Gasteiger partial charge in [-0.25, -0.2) is 14.4 Å². The van der Waals surface area contributed by atoms with Crippen molar-refractivity contribution in [3.05, 3.63) is 47.5 Å². The summed E-state index contributed by atoms with van der Waals surface area (Å²) in [5.41, 5.74) is 1.68. The van der Waals surface area contributed by atoms with E-state index in [9.17, 15) is 4.39 Å². The van der Waals surface area contributed by atoms with Crippen molar-refractivity contribution in [1.82, 2.24) is 9.97 Å². The zero-order chi connectivity index (χ0) is 14.4. The first-order chi connectivity index (χ1) is 9.72. The highest BCUT2D eigenvalue weighted by molar-refractivity contribution is 5.56. The summed E-state index contributed by atoms with van der Waals surface area (Å²) in [7, 11) is 0. The van der Waals surface area contributed by atoms with Crippen LogP contribution in [0.1, 0.15) is 18.1 Å². The van der Waals surface area contributed by atoms with Gasteiger partial charge in [0.15, 0.2) is 0 Å². The fourth-order valence-corrected chi connectivity index (χ4v) is 1.99. The Kier molecular flexibility index (Phi) is 4.87. The number of rotatable bonds is 6. The maximum atomic E-state index is 13.5. The molecule has 1 heterocycles. The van der Waals surface area contributed by atoms with Crippen LogP contribution >= 0.6 is 0 Å². The van der Waals surface area contributed by atoms with E-state index in [1.165, 1.54) is 12.4 Å². The van der Waals surface area contributed by atoms with Crippen molar-refractivity contribution in [3.8, 4) is 0 Å². The molecule has 0 aliphatic carbocycles. The van der Waals surface area contributed by atoms with Crippen LogP contribution in [0.5, 0.6) is 0 Å². The van der Waals surface area contributed by atoms with Crippen molar-refractivity contribution in [3.63, 3.8) is 0 Å². The van der Waals surface area contributed by atoms with E-state index in [0.717, 1.165) is 23.7 Å². The number of nitrogens with one attached hydrogen (secondary N) is 2. The second-order valence-electron chi connectivity index (χ2n) is 4.49. The van der Waals surface area contributed by atoms with Crippen LogP contribution in [0.4, 0.5) is 16.0 Å². The van der Waals surface area contributed by atoms with Gasteiger partial charge < -0.3 is 10.6 Å². The molecule has 0 aliphatic rings. The fraction of sp³-hybridized carbons (Fsp3) is 0.333. The monoisotopic (exact) mass is 274 g/mol. The highest BCUT2D eigenvalue weighted by atomic mass is 19.1. The number of nitrogens with zero attached hydrogens (tertiary/aromatic N) is 2.